The lowest BCUT2D eigenvalue weighted by Crippen LogP contribution is -2.43. The highest BCUT2D eigenvalue weighted by molar-refractivity contribution is 7.89. The quantitative estimate of drug-likeness (QED) is 0.613. The molecule has 1 unspecified atom stereocenters. The van der Waals surface area contributed by atoms with Gasteiger partial charge in [0.25, 0.3) is 0 Å². The van der Waals surface area contributed by atoms with Gasteiger partial charge in [-0.1, -0.05) is 12.1 Å². The number of carbonyl (C=O) groups excluding carboxylic acids is 1. The SMILES string of the molecule is CC(=O)c1ccc(S(=O)(=O)NC(CO)C(=O)O)cc1. The first-order valence-corrected chi connectivity index (χ1v) is 6.73. The molecule has 0 heterocycles. The number of aliphatic hydroxyl groups excluding tert-OH is 1. The number of carbonyl (C=O) groups is 2. The number of carboxylic acid groups (broad SMARTS) is 1. The van der Waals surface area contributed by atoms with E-state index in [-0.39, 0.29) is 10.7 Å². The molecule has 104 valence electrons. The van der Waals surface area contributed by atoms with Crippen LogP contribution in [0.3, 0.4) is 0 Å². The topological polar surface area (TPSA) is 121 Å². The van der Waals surface area contributed by atoms with E-state index in [1.807, 2.05) is 4.72 Å². The van der Waals surface area contributed by atoms with Gasteiger partial charge in [-0.3, -0.25) is 9.59 Å². The molecule has 0 radical (unpaired) electrons. The summed E-state index contributed by atoms with van der Waals surface area (Å²) >= 11 is 0. The number of nitrogens with one attached hydrogen (secondary N) is 1. The van der Waals surface area contributed by atoms with Gasteiger partial charge in [0.15, 0.2) is 5.78 Å². The Labute approximate surface area is 109 Å². The molecule has 1 rings (SSSR count). The van der Waals surface area contributed by atoms with E-state index in [1.165, 1.54) is 31.2 Å². The number of carboxylic acids is 1. The molecule has 7 nitrogen and oxygen atoms in total. The van der Waals surface area contributed by atoms with Gasteiger partial charge in [0, 0.05) is 5.56 Å². The van der Waals surface area contributed by atoms with Gasteiger partial charge in [0.05, 0.1) is 11.5 Å². The molecular formula is C11H13NO6S. The largest absolute Gasteiger partial charge is 0.480 e. The molecule has 0 aliphatic rings. The fraction of sp³-hybridized carbons (Fsp3) is 0.273. The molecule has 1 atom stereocenters. The van der Waals surface area contributed by atoms with Crippen molar-refractivity contribution in [3.05, 3.63) is 29.8 Å². The number of rotatable bonds is 6. The van der Waals surface area contributed by atoms with Gasteiger partial charge in [-0.25, -0.2) is 8.42 Å². The van der Waals surface area contributed by atoms with Crippen molar-refractivity contribution in [2.45, 2.75) is 17.9 Å². The highest BCUT2D eigenvalue weighted by atomic mass is 32.2. The Morgan fingerprint density at radius 3 is 2.16 bits per heavy atom. The van der Waals surface area contributed by atoms with E-state index in [1.54, 1.807) is 0 Å². The van der Waals surface area contributed by atoms with Gasteiger partial charge in [0.2, 0.25) is 10.0 Å². The molecular weight excluding hydrogens is 274 g/mol. The van der Waals surface area contributed by atoms with Crippen LogP contribution >= 0.6 is 0 Å². The number of Topliss-reactive ketones (excluding diaryl/α,β-unsaturated/α-hetero) is 1. The van der Waals surface area contributed by atoms with E-state index in [9.17, 15) is 18.0 Å². The zero-order valence-corrected chi connectivity index (χ0v) is 10.8. The maximum absolute atomic E-state index is 11.8. The monoisotopic (exact) mass is 287 g/mol. The molecule has 0 spiro atoms. The van der Waals surface area contributed by atoms with Crippen molar-refractivity contribution in [3.8, 4) is 0 Å². The van der Waals surface area contributed by atoms with Crippen LogP contribution < -0.4 is 4.72 Å². The van der Waals surface area contributed by atoms with Gasteiger partial charge in [-0.05, 0) is 19.1 Å². The second kappa shape index (κ2) is 5.91. The summed E-state index contributed by atoms with van der Waals surface area (Å²) in [5.41, 5.74) is 0.343. The summed E-state index contributed by atoms with van der Waals surface area (Å²) in [6, 6.07) is 3.42. The Balaban J connectivity index is 3.00. The number of sulfonamides is 1. The number of hydrogen-bond acceptors (Lipinski definition) is 5. The van der Waals surface area contributed by atoms with E-state index < -0.39 is 28.6 Å². The number of ketones is 1. The van der Waals surface area contributed by atoms with E-state index in [2.05, 4.69) is 0 Å². The van der Waals surface area contributed by atoms with Crippen molar-refractivity contribution in [3.63, 3.8) is 0 Å². The lowest BCUT2D eigenvalue weighted by atomic mass is 10.2. The summed E-state index contributed by atoms with van der Waals surface area (Å²) in [7, 11) is -4.06. The molecule has 1 aromatic rings. The maximum atomic E-state index is 11.8. The number of benzene rings is 1. The van der Waals surface area contributed by atoms with E-state index >= 15 is 0 Å². The van der Waals surface area contributed by atoms with Crippen LogP contribution in [0.1, 0.15) is 17.3 Å². The Kier molecular flexibility index (Phi) is 4.76. The van der Waals surface area contributed by atoms with Crippen LogP contribution in [0.4, 0.5) is 0 Å². The van der Waals surface area contributed by atoms with Gasteiger partial charge < -0.3 is 10.2 Å². The minimum absolute atomic E-state index is 0.183. The van der Waals surface area contributed by atoms with Gasteiger partial charge in [-0.15, -0.1) is 0 Å². The van der Waals surface area contributed by atoms with Gasteiger partial charge in [-0.2, -0.15) is 4.72 Å². The number of aliphatic carboxylic acids is 1. The third-order valence-electron chi connectivity index (χ3n) is 2.35. The summed E-state index contributed by atoms with van der Waals surface area (Å²) in [5.74, 6) is -1.69. The van der Waals surface area contributed by atoms with Crippen LogP contribution in [0, 0.1) is 0 Å². The standard InChI is InChI=1S/C11H13NO6S/c1-7(14)8-2-4-9(5-3-8)19(17,18)12-10(6-13)11(15)16/h2-5,10,12-13H,6H2,1H3,(H,15,16). The second-order valence-corrected chi connectivity index (χ2v) is 5.49. The zero-order valence-electron chi connectivity index (χ0n) is 10.0. The highest BCUT2D eigenvalue weighted by Gasteiger charge is 2.24. The van der Waals surface area contributed by atoms with Crippen molar-refractivity contribution in [2.75, 3.05) is 6.61 Å². The minimum Gasteiger partial charge on any atom is -0.480 e. The first-order valence-electron chi connectivity index (χ1n) is 5.25. The number of hydrogen-bond donors (Lipinski definition) is 3. The van der Waals surface area contributed by atoms with E-state index in [0.717, 1.165) is 0 Å². The minimum atomic E-state index is -4.06. The molecule has 0 saturated carbocycles. The van der Waals surface area contributed by atoms with E-state index in [4.69, 9.17) is 10.2 Å². The molecule has 0 aliphatic heterocycles. The molecule has 0 fully saturated rings. The van der Waals surface area contributed by atoms with Crippen molar-refractivity contribution in [2.24, 2.45) is 0 Å². The number of aliphatic hydroxyl groups is 1. The fourth-order valence-electron chi connectivity index (χ4n) is 1.29. The molecule has 1 aromatic carbocycles. The molecule has 3 N–H and O–H groups in total. The second-order valence-electron chi connectivity index (χ2n) is 3.78. The highest BCUT2D eigenvalue weighted by Crippen LogP contribution is 2.11. The van der Waals surface area contributed by atoms with Crippen LogP contribution in [0.2, 0.25) is 0 Å². The third-order valence-corrected chi connectivity index (χ3v) is 3.84. The Morgan fingerprint density at radius 1 is 1.26 bits per heavy atom. The molecule has 0 amide bonds. The van der Waals surface area contributed by atoms with Crippen molar-refractivity contribution in [1.82, 2.24) is 4.72 Å². The van der Waals surface area contributed by atoms with Gasteiger partial charge >= 0.3 is 5.97 Å². The molecule has 0 saturated heterocycles. The van der Waals surface area contributed by atoms with E-state index in [0.29, 0.717) is 5.56 Å². The Hall–Kier alpha value is -1.77. The van der Waals surface area contributed by atoms with Crippen molar-refractivity contribution < 1.29 is 28.2 Å². The lowest BCUT2D eigenvalue weighted by Gasteiger charge is -2.12. The molecule has 0 aromatic heterocycles. The average molecular weight is 287 g/mol. The van der Waals surface area contributed by atoms with Crippen LogP contribution in [0.5, 0.6) is 0 Å². The molecule has 0 aliphatic carbocycles. The van der Waals surface area contributed by atoms with Crippen LogP contribution in [0.25, 0.3) is 0 Å². The van der Waals surface area contributed by atoms with Crippen molar-refractivity contribution in [1.29, 1.82) is 0 Å². The summed E-state index contributed by atoms with van der Waals surface area (Å²) in [6.45, 7) is 0.480. The smallest absolute Gasteiger partial charge is 0.324 e. The summed E-state index contributed by atoms with van der Waals surface area (Å²) < 4.78 is 25.5. The van der Waals surface area contributed by atoms with Crippen LogP contribution in [-0.4, -0.2) is 43.0 Å². The van der Waals surface area contributed by atoms with Crippen LogP contribution in [0.15, 0.2) is 29.2 Å². The Morgan fingerprint density at radius 2 is 1.79 bits per heavy atom. The normalized spacial score (nSPS) is 12.9. The molecule has 19 heavy (non-hydrogen) atoms. The summed E-state index contributed by atoms with van der Waals surface area (Å²) in [5, 5.41) is 17.4. The fourth-order valence-corrected chi connectivity index (χ4v) is 2.47. The summed E-state index contributed by atoms with van der Waals surface area (Å²) in [6.07, 6.45) is 0. The predicted octanol–water partition coefficient (Wildman–Crippen LogP) is -0.387. The summed E-state index contributed by atoms with van der Waals surface area (Å²) in [4.78, 5) is 21.5. The Bertz CT molecular complexity index is 578. The molecule has 0 bridgehead atoms. The van der Waals surface area contributed by atoms with Crippen LogP contribution in [-0.2, 0) is 14.8 Å². The maximum Gasteiger partial charge on any atom is 0.324 e. The van der Waals surface area contributed by atoms with Gasteiger partial charge in [0.1, 0.15) is 6.04 Å². The third kappa shape index (κ3) is 3.85. The molecule has 8 heteroatoms. The zero-order chi connectivity index (χ0) is 14.6. The first kappa shape index (κ1) is 15.3. The average Bonchev–Trinajstić information content (AvgIpc) is 2.35. The lowest BCUT2D eigenvalue weighted by molar-refractivity contribution is -0.139. The first-order chi connectivity index (χ1) is 8.77. The van der Waals surface area contributed by atoms with Crippen molar-refractivity contribution >= 4 is 21.8 Å². The predicted molar refractivity (Wildman–Crippen MR) is 65.3 cm³/mol.